The summed E-state index contributed by atoms with van der Waals surface area (Å²) in [4.78, 5) is 13.8. The van der Waals surface area contributed by atoms with Gasteiger partial charge in [0.1, 0.15) is 9.84 Å². The van der Waals surface area contributed by atoms with Crippen LogP contribution >= 0.6 is 0 Å². The molecule has 4 nitrogen and oxygen atoms in total. The van der Waals surface area contributed by atoms with Crippen molar-refractivity contribution in [3.8, 4) is 11.1 Å². The van der Waals surface area contributed by atoms with Gasteiger partial charge in [-0.3, -0.25) is 4.79 Å². The molecule has 0 spiro atoms. The van der Waals surface area contributed by atoms with Crippen molar-refractivity contribution in [2.24, 2.45) is 5.92 Å². The molecule has 1 atom stereocenters. The van der Waals surface area contributed by atoms with E-state index < -0.39 is 15.8 Å². The van der Waals surface area contributed by atoms with Gasteiger partial charge in [-0.2, -0.15) is 0 Å². The summed E-state index contributed by atoms with van der Waals surface area (Å²) in [7, 11) is -1.51. The molecule has 0 heterocycles. The first-order chi connectivity index (χ1) is 10.8. The fraction of sp³-hybridized carbons (Fsp3) is 0.278. The highest BCUT2D eigenvalue weighted by Gasteiger charge is 2.22. The van der Waals surface area contributed by atoms with E-state index in [-0.39, 0.29) is 11.7 Å². The quantitative estimate of drug-likeness (QED) is 0.846. The maximum Gasteiger partial charge on any atom is 0.230 e. The minimum atomic E-state index is -3.17. The number of hydrogen-bond acceptors (Lipinski definition) is 3. The van der Waals surface area contributed by atoms with Crippen molar-refractivity contribution in [2.75, 3.05) is 24.0 Å². The van der Waals surface area contributed by atoms with Crippen LogP contribution in [0.1, 0.15) is 6.92 Å². The predicted molar refractivity (Wildman–Crippen MR) is 94.2 cm³/mol. The van der Waals surface area contributed by atoms with Crippen molar-refractivity contribution in [3.63, 3.8) is 0 Å². The van der Waals surface area contributed by atoms with Crippen molar-refractivity contribution in [1.82, 2.24) is 0 Å². The van der Waals surface area contributed by atoms with Gasteiger partial charge in [0.05, 0.1) is 5.75 Å². The molecular weight excluding hydrogens is 310 g/mol. The summed E-state index contributed by atoms with van der Waals surface area (Å²) in [6.45, 7) is 1.64. The summed E-state index contributed by atoms with van der Waals surface area (Å²) < 4.78 is 22.7. The Hall–Kier alpha value is -2.14. The molecule has 122 valence electrons. The fourth-order valence-corrected chi connectivity index (χ4v) is 3.54. The number of hydrogen-bond donors (Lipinski definition) is 0. The van der Waals surface area contributed by atoms with E-state index in [4.69, 9.17) is 0 Å². The molecule has 0 saturated carbocycles. The van der Waals surface area contributed by atoms with E-state index in [1.165, 1.54) is 4.90 Å². The van der Waals surface area contributed by atoms with E-state index in [0.717, 1.165) is 23.1 Å². The van der Waals surface area contributed by atoms with E-state index in [2.05, 4.69) is 0 Å². The summed E-state index contributed by atoms with van der Waals surface area (Å²) in [5.74, 6) is -0.912. The molecule has 0 bridgehead atoms. The zero-order valence-electron chi connectivity index (χ0n) is 13.6. The number of carbonyl (C=O) groups excluding carboxylic acids is 1. The first kappa shape index (κ1) is 17.2. The second kappa shape index (κ2) is 6.96. The molecule has 0 aliphatic heterocycles. The number of benzene rings is 2. The van der Waals surface area contributed by atoms with Crippen LogP contribution in [0.4, 0.5) is 5.69 Å². The lowest BCUT2D eigenvalue weighted by Crippen LogP contribution is -2.34. The predicted octanol–water partition coefficient (Wildman–Crippen LogP) is 3.00. The van der Waals surface area contributed by atoms with Gasteiger partial charge in [0.2, 0.25) is 5.91 Å². The number of carbonyl (C=O) groups is 1. The molecule has 0 aliphatic carbocycles. The Labute approximate surface area is 137 Å². The lowest BCUT2D eigenvalue weighted by Gasteiger charge is -2.21. The second-order valence-corrected chi connectivity index (χ2v) is 7.99. The number of anilines is 1. The second-order valence-electron chi connectivity index (χ2n) is 5.80. The van der Waals surface area contributed by atoms with Crippen molar-refractivity contribution >= 4 is 21.4 Å². The summed E-state index contributed by atoms with van der Waals surface area (Å²) in [5, 5.41) is 0. The smallest absolute Gasteiger partial charge is 0.230 e. The van der Waals surface area contributed by atoms with Crippen molar-refractivity contribution in [3.05, 3.63) is 54.6 Å². The molecular formula is C18H21NO3S. The Bertz CT molecular complexity index is 768. The van der Waals surface area contributed by atoms with E-state index >= 15 is 0 Å². The molecule has 0 unspecified atom stereocenters. The summed E-state index contributed by atoms with van der Waals surface area (Å²) >= 11 is 0. The van der Waals surface area contributed by atoms with Crippen LogP contribution in [0, 0.1) is 5.92 Å². The van der Waals surface area contributed by atoms with Crippen LogP contribution in [-0.2, 0) is 14.6 Å². The molecule has 0 radical (unpaired) electrons. The van der Waals surface area contributed by atoms with Crippen LogP contribution in [-0.4, -0.2) is 33.4 Å². The Morgan fingerprint density at radius 1 is 1.00 bits per heavy atom. The summed E-state index contributed by atoms with van der Waals surface area (Å²) in [5.41, 5.74) is 2.92. The summed E-state index contributed by atoms with van der Waals surface area (Å²) in [6.07, 6.45) is 1.14. The van der Waals surface area contributed by atoms with Crippen molar-refractivity contribution < 1.29 is 13.2 Å². The van der Waals surface area contributed by atoms with Gasteiger partial charge in [0, 0.05) is 24.9 Å². The highest BCUT2D eigenvalue weighted by molar-refractivity contribution is 7.90. The molecule has 0 aromatic heterocycles. The molecule has 2 rings (SSSR count). The number of amides is 1. The molecule has 0 fully saturated rings. The first-order valence-electron chi connectivity index (χ1n) is 7.39. The largest absolute Gasteiger partial charge is 0.315 e. The molecule has 0 aliphatic rings. The standard InChI is InChI=1S/C18H21NO3S/c1-14(13-23(3,21)22)18(20)19(2)17-11-9-16(10-12-17)15-7-5-4-6-8-15/h4-12,14H,13H2,1-3H3/t14-/m1/s1. The van der Waals surface area contributed by atoms with Gasteiger partial charge in [-0.05, 0) is 23.3 Å². The van der Waals surface area contributed by atoms with Crippen LogP contribution in [0.3, 0.4) is 0 Å². The number of nitrogens with zero attached hydrogens (tertiary/aromatic N) is 1. The van der Waals surface area contributed by atoms with Gasteiger partial charge in [0.25, 0.3) is 0 Å². The molecule has 23 heavy (non-hydrogen) atoms. The lowest BCUT2D eigenvalue weighted by atomic mass is 10.1. The molecule has 2 aromatic carbocycles. The van der Waals surface area contributed by atoms with E-state index in [1.54, 1.807) is 14.0 Å². The van der Waals surface area contributed by atoms with E-state index in [9.17, 15) is 13.2 Å². The minimum Gasteiger partial charge on any atom is -0.315 e. The average molecular weight is 331 g/mol. The maximum atomic E-state index is 12.3. The van der Waals surface area contributed by atoms with Crippen LogP contribution in [0.2, 0.25) is 0 Å². The zero-order chi connectivity index (χ0) is 17.0. The number of rotatable bonds is 5. The third-order valence-electron chi connectivity index (χ3n) is 3.67. The van der Waals surface area contributed by atoms with Gasteiger partial charge in [-0.1, -0.05) is 49.4 Å². The third kappa shape index (κ3) is 4.66. The molecule has 1 amide bonds. The van der Waals surface area contributed by atoms with Crippen LogP contribution in [0.5, 0.6) is 0 Å². The number of sulfone groups is 1. The van der Waals surface area contributed by atoms with E-state index in [1.807, 2.05) is 54.6 Å². The summed E-state index contributed by atoms with van der Waals surface area (Å²) in [6, 6.07) is 17.6. The lowest BCUT2D eigenvalue weighted by molar-refractivity contribution is -0.121. The fourth-order valence-electron chi connectivity index (χ4n) is 2.49. The zero-order valence-corrected chi connectivity index (χ0v) is 14.4. The minimum absolute atomic E-state index is 0.141. The Kier molecular flexibility index (Phi) is 5.21. The van der Waals surface area contributed by atoms with Gasteiger partial charge in [-0.15, -0.1) is 0 Å². The van der Waals surface area contributed by atoms with E-state index in [0.29, 0.717) is 0 Å². The van der Waals surface area contributed by atoms with Gasteiger partial charge in [-0.25, -0.2) is 8.42 Å². The third-order valence-corrected chi connectivity index (χ3v) is 4.77. The normalized spacial score (nSPS) is 12.7. The van der Waals surface area contributed by atoms with Gasteiger partial charge < -0.3 is 4.90 Å². The Morgan fingerprint density at radius 2 is 1.52 bits per heavy atom. The molecule has 5 heteroatoms. The highest BCUT2D eigenvalue weighted by Crippen LogP contribution is 2.23. The van der Waals surface area contributed by atoms with Crippen molar-refractivity contribution in [2.45, 2.75) is 6.92 Å². The van der Waals surface area contributed by atoms with Crippen molar-refractivity contribution in [1.29, 1.82) is 0 Å². The highest BCUT2D eigenvalue weighted by atomic mass is 32.2. The van der Waals surface area contributed by atoms with Crippen LogP contribution in [0.15, 0.2) is 54.6 Å². The Morgan fingerprint density at radius 3 is 2.04 bits per heavy atom. The Balaban J connectivity index is 2.14. The average Bonchev–Trinajstić information content (AvgIpc) is 2.53. The first-order valence-corrected chi connectivity index (χ1v) is 9.45. The molecule has 0 saturated heterocycles. The molecule has 0 N–H and O–H groups in total. The van der Waals surface area contributed by atoms with Crippen LogP contribution in [0.25, 0.3) is 11.1 Å². The molecule has 2 aromatic rings. The van der Waals surface area contributed by atoms with Gasteiger partial charge in [0.15, 0.2) is 0 Å². The monoisotopic (exact) mass is 331 g/mol. The SMILES string of the molecule is C[C@H](CS(C)(=O)=O)C(=O)N(C)c1ccc(-c2ccccc2)cc1. The topological polar surface area (TPSA) is 54.5 Å². The van der Waals surface area contributed by atoms with Crippen LogP contribution < -0.4 is 4.90 Å². The van der Waals surface area contributed by atoms with Gasteiger partial charge >= 0.3 is 0 Å². The maximum absolute atomic E-state index is 12.3.